The predicted octanol–water partition coefficient (Wildman–Crippen LogP) is 2.16. The number of aryl methyl sites for hydroxylation is 1. The number of aliphatic imine (C=N–C) groups is 1. The quantitative estimate of drug-likeness (QED) is 0.561. The molecule has 2 N–H and O–H groups in total. The van der Waals surface area contributed by atoms with Gasteiger partial charge >= 0.3 is 0 Å². The number of nitrogens with one attached hydrogen (secondary N) is 2. The molecular formula is C22H34N8. The number of hydrogen-bond acceptors (Lipinski definition) is 5. The summed E-state index contributed by atoms with van der Waals surface area (Å²) in [5.74, 6) is 2.73. The first-order chi connectivity index (χ1) is 14.7. The van der Waals surface area contributed by atoms with E-state index >= 15 is 0 Å². The van der Waals surface area contributed by atoms with Crippen molar-refractivity contribution in [1.82, 2.24) is 35.3 Å². The van der Waals surface area contributed by atoms with Gasteiger partial charge in [0.05, 0.1) is 5.69 Å². The Morgan fingerprint density at radius 1 is 1.07 bits per heavy atom. The summed E-state index contributed by atoms with van der Waals surface area (Å²) in [4.78, 5) is 11.8. The smallest absolute Gasteiger partial charge is 0.192 e. The van der Waals surface area contributed by atoms with Gasteiger partial charge in [-0.1, -0.05) is 18.9 Å². The minimum atomic E-state index is 0.443. The molecule has 2 aromatic rings. The average Bonchev–Trinajstić information content (AvgIpc) is 3.39. The Bertz CT molecular complexity index is 817. The van der Waals surface area contributed by atoms with Crippen LogP contribution in [-0.4, -0.2) is 55.8 Å². The van der Waals surface area contributed by atoms with Gasteiger partial charge in [-0.3, -0.25) is 9.88 Å². The van der Waals surface area contributed by atoms with E-state index in [2.05, 4.69) is 42.8 Å². The number of piperidine rings is 1. The van der Waals surface area contributed by atoms with E-state index in [1.54, 1.807) is 0 Å². The lowest BCUT2D eigenvalue weighted by molar-refractivity contribution is 0.196. The Kier molecular flexibility index (Phi) is 6.94. The molecule has 1 aliphatic heterocycles. The van der Waals surface area contributed by atoms with E-state index in [1.807, 2.05) is 30.8 Å². The molecule has 8 heteroatoms. The van der Waals surface area contributed by atoms with Crippen molar-refractivity contribution in [2.24, 2.45) is 12.0 Å². The number of nitrogens with zero attached hydrogens (tertiary/aromatic N) is 6. The minimum absolute atomic E-state index is 0.443. The van der Waals surface area contributed by atoms with Crippen molar-refractivity contribution in [2.75, 3.05) is 13.1 Å². The zero-order valence-corrected chi connectivity index (χ0v) is 18.2. The minimum Gasteiger partial charge on any atom is -0.354 e. The zero-order valence-electron chi connectivity index (χ0n) is 18.2. The van der Waals surface area contributed by atoms with Crippen LogP contribution in [0.15, 0.2) is 29.4 Å². The first-order valence-corrected chi connectivity index (χ1v) is 11.2. The van der Waals surface area contributed by atoms with Crippen molar-refractivity contribution in [3.8, 4) is 0 Å². The maximum absolute atomic E-state index is 4.86. The molecule has 3 heterocycles. The van der Waals surface area contributed by atoms with Gasteiger partial charge in [-0.05, 0) is 44.7 Å². The third-order valence-corrected chi connectivity index (χ3v) is 6.30. The highest BCUT2D eigenvalue weighted by atomic mass is 15.3. The fourth-order valence-corrected chi connectivity index (χ4v) is 4.28. The van der Waals surface area contributed by atoms with Crippen LogP contribution in [0.3, 0.4) is 0 Å². The van der Waals surface area contributed by atoms with E-state index < -0.39 is 0 Å². The number of pyridine rings is 1. The van der Waals surface area contributed by atoms with Gasteiger partial charge in [-0.2, -0.15) is 0 Å². The van der Waals surface area contributed by atoms with Crippen LogP contribution >= 0.6 is 0 Å². The van der Waals surface area contributed by atoms with Gasteiger partial charge in [0.1, 0.15) is 12.4 Å². The highest BCUT2D eigenvalue weighted by Gasteiger charge is 2.22. The first-order valence-electron chi connectivity index (χ1n) is 11.2. The molecule has 1 saturated carbocycles. The molecule has 1 saturated heterocycles. The first kappa shape index (κ1) is 20.8. The Morgan fingerprint density at radius 2 is 1.80 bits per heavy atom. The molecule has 8 nitrogen and oxygen atoms in total. The van der Waals surface area contributed by atoms with E-state index in [0.29, 0.717) is 18.6 Å². The maximum Gasteiger partial charge on any atom is 0.192 e. The fraction of sp³-hybridized carbons (Fsp3) is 0.636. The molecule has 30 heavy (non-hydrogen) atoms. The van der Waals surface area contributed by atoms with Crippen molar-refractivity contribution in [3.05, 3.63) is 41.7 Å². The van der Waals surface area contributed by atoms with Crippen LogP contribution in [0.4, 0.5) is 0 Å². The number of rotatable bonds is 6. The summed E-state index contributed by atoms with van der Waals surface area (Å²) in [7, 11) is 2.00. The molecule has 1 aliphatic carbocycles. The molecule has 4 rings (SSSR count). The summed E-state index contributed by atoms with van der Waals surface area (Å²) in [6.45, 7) is 5.59. The van der Waals surface area contributed by atoms with Gasteiger partial charge < -0.3 is 15.2 Å². The molecular weight excluding hydrogens is 376 g/mol. The summed E-state index contributed by atoms with van der Waals surface area (Å²) in [6.07, 6.45) is 9.17. The number of aromatic nitrogens is 4. The summed E-state index contributed by atoms with van der Waals surface area (Å²) >= 11 is 0. The molecule has 0 bridgehead atoms. The van der Waals surface area contributed by atoms with Crippen LogP contribution in [-0.2, 0) is 20.1 Å². The molecule has 0 aromatic carbocycles. The van der Waals surface area contributed by atoms with Crippen molar-refractivity contribution in [3.63, 3.8) is 0 Å². The Labute approximate surface area is 179 Å². The molecule has 0 atom stereocenters. The standard InChI is InChI=1S/C22H34N8/c1-17-27-28-21(29(17)2)15-24-22(25-18-7-3-4-8-18)26-19-10-13-30(14-11-19)16-20-9-5-6-12-23-20/h5-6,9,12,18-19H,3-4,7-8,10-11,13-16H2,1-2H3,(H2,24,25,26). The molecule has 162 valence electrons. The number of likely N-dealkylation sites (tertiary alicyclic amines) is 1. The fourth-order valence-electron chi connectivity index (χ4n) is 4.28. The van der Waals surface area contributed by atoms with E-state index in [0.717, 1.165) is 55.8 Å². The van der Waals surface area contributed by atoms with Crippen LogP contribution in [0.2, 0.25) is 0 Å². The van der Waals surface area contributed by atoms with Gasteiger partial charge in [0.15, 0.2) is 11.8 Å². The molecule has 0 radical (unpaired) electrons. The number of guanidine groups is 1. The normalized spacial score (nSPS) is 19.3. The summed E-state index contributed by atoms with van der Waals surface area (Å²) in [5.41, 5.74) is 1.15. The van der Waals surface area contributed by atoms with Gasteiger partial charge in [0, 0.05) is 45.0 Å². The SMILES string of the molecule is Cc1nnc(CN=C(NC2CCCC2)NC2CCN(Cc3ccccn3)CC2)n1C. The van der Waals surface area contributed by atoms with Crippen LogP contribution < -0.4 is 10.6 Å². The van der Waals surface area contributed by atoms with Crippen molar-refractivity contribution in [1.29, 1.82) is 0 Å². The van der Waals surface area contributed by atoms with E-state index in [4.69, 9.17) is 4.99 Å². The average molecular weight is 411 g/mol. The van der Waals surface area contributed by atoms with Crippen molar-refractivity contribution in [2.45, 2.75) is 70.6 Å². The molecule has 0 amide bonds. The Morgan fingerprint density at radius 3 is 2.43 bits per heavy atom. The van der Waals surface area contributed by atoms with Crippen molar-refractivity contribution < 1.29 is 0 Å². The van der Waals surface area contributed by atoms with E-state index in [-0.39, 0.29) is 0 Å². The summed E-state index contributed by atoms with van der Waals surface area (Å²) in [5, 5.41) is 15.8. The molecule has 0 unspecified atom stereocenters. The monoisotopic (exact) mass is 410 g/mol. The lowest BCUT2D eigenvalue weighted by Crippen LogP contribution is -2.50. The van der Waals surface area contributed by atoms with Gasteiger partial charge in [0.2, 0.25) is 0 Å². The summed E-state index contributed by atoms with van der Waals surface area (Å²) < 4.78 is 2.01. The van der Waals surface area contributed by atoms with Crippen molar-refractivity contribution >= 4 is 5.96 Å². The second-order valence-electron chi connectivity index (χ2n) is 8.53. The van der Waals surface area contributed by atoms with Crippen LogP contribution in [0.25, 0.3) is 0 Å². The molecule has 2 fully saturated rings. The lowest BCUT2D eigenvalue weighted by Gasteiger charge is -2.33. The van der Waals surface area contributed by atoms with Gasteiger partial charge in [-0.25, -0.2) is 4.99 Å². The zero-order chi connectivity index (χ0) is 20.8. The number of hydrogen-bond donors (Lipinski definition) is 2. The van der Waals surface area contributed by atoms with Crippen LogP contribution in [0.5, 0.6) is 0 Å². The van der Waals surface area contributed by atoms with E-state index in [1.165, 1.54) is 25.7 Å². The van der Waals surface area contributed by atoms with Gasteiger partial charge in [-0.15, -0.1) is 10.2 Å². The third kappa shape index (κ3) is 5.56. The predicted molar refractivity (Wildman–Crippen MR) is 118 cm³/mol. The maximum atomic E-state index is 4.86. The van der Waals surface area contributed by atoms with Crippen LogP contribution in [0, 0.1) is 6.92 Å². The van der Waals surface area contributed by atoms with E-state index in [9.17, 15) is 0 Å². The van der Waals surface area contributed by atoms with Gasteiger partial charge in [0.25, 0.3) is 0 Å². The highest BCUT2D eigenvalue weighted by Crippen LogP contribution is 2.18. The van der Waals surface area contributed by atoms with Crippen LogP contribution in [0.1, 0.15) is 55.9 Å². The summed E-state index contributed by atoms with van der Waals surface area (Å²) in [6, 6.07) is 7.11. The highest BCUT2D eigenvalue weighted by molar-refractivity contribution is 5.80. The third-order valence-electron chi connectivity index (χ3n) is 6.30. The molecule has 2 aliphatic rings. The Balaban J connectivity index is 1.33. The molecule has 2 aromatic heterocycles. The Hall–Kier alpha value is -2.48. The second-order valence-corrected chi connectivity index (χ2v) is 8.53. The molecule has 0 spiro atoms. The second kappa shape index (κ2) is 10.0. The lowest BCUT2D eigenvalue weighted by atomic mass is 10.0. The largest absolute Gasteiger partial charge is 0.354 e. The topological polar surface area (TPSA) is 83.3 Å².